The third-order valence-corrected chi connectivity index (χ3v) is 16.2. The number of unbranched alkanes of at least 4 members (excludes halogenated alkanes) is 41. The van der Waals surface area contributed by atoms with Crippen LogP contribution in [-0.4, -0.2) is 68.5 Å². The maximum atomic E-state index is 13.0. The Morgan fingerprint density at radius 2 is 0.756 bits per heavy atom. The number of phosphoric ester groups is 1. The molecule has 0 aromatic rings. The summed E-state index contributed by atoms with van der Waals surface area (Å²) >= 11 is 0. The lowest BCUT2D eigenvalue weighted by molar-refractivity contribution is -0.870. The molecule has 0 saturated carbocycles. The summed E-state index contributed by atoms with van der Waals surface area (Å²) < 4.78 is 23.4. The monoisotopic (exact) mass is 1110 g/mol. The second-order valence-corrected chi connectivity index (χ2v) is 25.6. The van der Waals surface area contributed by atoms with Crippen LogP contribution in [0.1, 0.15) is 322 Å². The summed E-state index contributed by atoms with van der Waals surface area (Å²) in [5, 5.41) is 13.9. The van der Waals surface area contributed by atoms with Crippen LogP contribution < -0.4 is 10.2 Å². The van der Waals surface area contributed by atoms with Crippen LogP contribution in [0.3, 0.4) is 0 Å². The van der Waals surface area contributed by atoms with E-state index >= 15 is 0 Å². The van der Waals surface area contributed by atoms with Crippen molar-refractivity contribution in [1.82, 2.24) is 5.32 Å². The quantitative estimate of drug-likeness (QED) is 0.0272. The van der Waals surface area contributed by atoms with Gasteiger partial charge in [-0.25, -0.2) is 0 Å². The molecule has 0 spiro atoms. The molecule has 0 aromatic carbocycles. The number of carbonyl (C=O) groups is 1. The fraction of sp³-hybridized carbons (Fsp3) is 0.841. The lowest BCUT2D eigenvalue weighted by Gasteiger charge is -2.29. The molecule has 0 radical (unpaired) electrons. The van der Waals surface area contributed by atoms with Gasteiger partial charge in [-0.2, -0.15) is 0 Å². The van der Waals surface area contributed by atoms with Gasteiger partial charge >= 0.3 is 0 Å². The van der Waals surface area contributed by atoms with Crippen LogP contribution >= 0.6 is 7.82 Å². The van der Waals surface area contributed by atoms with E-state index in [1.165, 1.54) is 250 Å². The summed E-state index contributed by atoms with van der Waals surface area (Å²) in [4.78, 5) is 25.6. The Bertz CT molecular complexity index is 1450. The number of hydrogen-bond donors (Lipinski definition) is 2. The number of carbonyl (C=O) groups excluding carboxylic acids is 1. The molecular formula is C69H131N2O6P. The topological polar surface area (TPSA) is 108 Å². The molecule has 9 heteroatoms. The highest BCUT2D eigenvalue weighted by molar-refractivity contribution is 7.45. The first-order valence-corrected chi connectivity index (χ1v) is 35.1. The molecule has 0 aliphatic carbocycles. The van der Waals surface area contributed by atoms with Gasteiger partial charge in [0.25, 0.3) is 7.82 Å². The van der Waals surface area contributed by atoms with Gasteiger partial charge in [0, 0.05) is 6.42 Å². The zero-order chi connectivity index (χ0) is 57.0. The number of allylic oxidation sites excluding steroid dienone is 9. The number of nitrogens with one attached hydrogen (secondary N) is 1. The predicted octanol–water partition coefficient (Wildman–Crippen LogP) is 20.6. The number of nitrogens with zero attached hydrogens (tertiary/aromatic N) is 1. The predicted molar refractivity (Wildman–Crippen MR) is 339 cm³/mol. The fourth-order valence-corrected chi connectivity index (χ4v) is 10.7. The maximum Gasteiger partial charge on any atom is 0.268 e. The average molecular weight is 1120 g/mol. The number of quaternary nitrogens is 1. The van der Waals surface area contributed by atoms with Gasteiger partial charge in [0.1, 0.15) is 13.2 Å². The van der Waals surface area contributed by atoms with Crippen molar-refractivity contribution in [2.45, 2.75) is 334 Å². The minimum Gasteiger partial charge on any atom is -0.756 e. The summed E-state index contributed by atoms with van der Waals surface area (Å²) in [5.41, 5.74) is 0. The van der Waals surface area contributed by atoms with Crippen molar-refractivity contribution in [1.29, 1.82) is 0 Å². The summed E-state index contributed by atoms with van der Waals surface area (Å²) in [5.74, 6) is -0.204. The van der Waals surface area contributed by atoms with Crippen molar-refractivity contribution in [3.8, 4) is 0 Å². The first kappa shape index (κ1) is 76.2. The van der Waals surface area contributed by atoms with Crippen molar-refractivity contribution in [2.75, 3.05) is 40.9 Å². The highest BCUT2D eigenvalue weighted by Crippen LogP contribution is 2.38. The van der Waals surface area contributed by atoms with Crippen LogP contribution in [-0.2, 0) is 18.4 Å². The van der Waals surface area contributed by atoms with E-state index in [2.05, 4.69) is 67.8 Å². The van der Waals surface area contributed by atoms with E-state index in [1.807, 2.05) is 27.2 Å². The maximum absolute atomic E-state index is 13.0. The summed E-state index contributed by atoms with van der Waals surface area (Å²) in [6.45, 7) is 4.66. The number of rotatable bonds is 62. The van der Waals surface area contributed by atoms with E-state index < -0.39 is 26.6 Å². The largest absolute Gasteiger partial charge is 0.756 e. The minimum atomic E-state index is -4.61. The molecule has 0 aliphatic heterocycles. The van der Waals surface area contributed by atoms with E-state index in [-0.39, 0.29) is 12.5 Å². The van der Waals surface area contributed by atoms with Crippen LogP contribution in [0.5, 0.6) is 0 Å². The summed E-state index contributed by atoms with van der Waals surface area (Å²) in [6.07, 6.45) is 81.9. The Hall–Kier alpha value is -1.80. The molecule has 0 saturated heterocycles. The summed E-state index contributed by atoms with van der Waals surface area (Å²) in [7, 11) is 1.25. The Morgan fingerprint density at radius 3 is 1.13 bits per heavy atom. The van der Waals surface area contributed by atoms with E-state index in [0.717, 1.165) is 51.4 Å². The van der Waals surface area contributed by atoms with Gasteiger partial charge in [-0.3, -0.25) is 9.36 Å². The van der Waals surface area contributed by atoms with Gasteiger partial charge in [0.05, 0.1) is 39.9 Å². The standard InChI is InChI=1S/C69H131N2O6P/c1-6-8-10-12-14-16-18-20-22-24-26-28-30-32-33-34-35-36-37-39-41-43-45-47-49-51-53-55-57-59-61-63-69(73)70-67(66-77-78(74,75)76-65-64-71(3,4)5)68(72)62-60-58-56-54-52-50-48-46-44-42-40-38-31-29-27-25-23-21-19-17-15-13-11-9-7-2/h18,20,24,26,30,32,52,54,60,62,67-68,72H,6-17,19,21-23,25,27-29,31,33-51,53,55-59,61,63-66H2,1-5H3,(H-,70,73,74,75)/b20-18-,26-24-,32-30-,54-52+,62-60+. The second kappa shape index (κ2) is 59.8. The second-order valence-electron chi connectivity index (χ2n) is 24.2. The minimum absolute atomic E-state index is 0.00672. The van der Waals surface area contributed by atoms with Crippen molar-refractivity contribution in [3.05, 3.63) is 60.8 Å². The lowest BCUT2D eigenvalue weighted by atomic mass is 10.0. The fourth-order valence-electron chi connectivity index (χ4n) is 9.94. The highest BCUT2D eigenvalue weighted by Gasteiger charge is 2.23. The van der Waals surface area contributed by atoms with E-state index in [9.17, 15) is 19.4 Å². The van der Waals surface area contributed by atoms with Gasteiger partial charge in [-0.1, -0.05) is 306 Å². The van der Waals surface area contributed by atoms with Crippen LogP contribution in [0.4, 0.5) is 0 Å². The first-order chi connectivity index (χ1) is 38.0. The Balaban J connectivity index is 4.12. The van der Waals surface area contributed by atoms with Gasteiger partial charge in [-0.15, -0.1) is 0 Å². The normalized spacial score (nSPS) is 14.1. The lowest BCUT2D eigenvalue weighted by Crippen LogP contribution is -2.45. The number of aliphatic hydroxyl groups excluding tert-OH is 1. The molecule has 3 atom stereocenters. The molecule has 8 nitrogen and oxygen atoms in total. The molecule has 0 aliphatic rings. The molecule has 458 valence electrons. The zero-order valence-electron chi connectivity index (χ0n) is 52.4. The van der Waals surface area contributed by atoms with Crippen LogP contribution in [0.15, 0.2) is 60.8 Å². The number of aliphatic hydroxyl groups is 1. The SMILES string of the molecule is CCCCCCC/C=C\C/C=C\C/C=C\CCCCCCCCCCCCCCCCCCC(=O)NC(COP(=O)([O-])OCC[N+](C)(C)C)C(O)/C=C/CC/C=C/CCCCCCCCCCCCCCCCCCCCC. The van der Waals surface area contributed by atoms with Crippen molar-refractivity contribution >= 4 is 13.7 Å². The average Bonchev–Trinajstić information content (AvgIpc) is 3.41. The smallest absolute Gasteiger partial charge is 0.268 e. The Labute approximate surface area is 485 Å². The molecular weight excluding hydrogens is 984 g/mol. The van der Waals surface area contributed by atoms with E-state index in [0.29, 0.717) is 17.4 Å². The molecule has 3 unspecified atom stereocenters. The van der Waals surface area contributed by atoms with Gasteiger partial charge in [0.2, 0.25) is 5.91 Å². The molecule has 0 rings (SSSR count). The molecule has 0 bridgehead atoms. The molecule has 0 fully saturated rings. The number of hydrogen-bond acceptors (Lipinski definition) is 6. The number of amides is 1. The summed E-state index contributed by atoms with van der Waals surface area (Å²) in [6, 6.07) is -0.906. The zero-order valence-corrected chi connectivity index (χ0v) is 53.3. The molecule has 2 N–H and O–H groups in total. The number of likely N-dealkylation sites (N-methyl/N-ethyl adjacent to an activating group) is 1. The molecule has 0 aromatic heterocycles. The van der Waals surface area contributed by atoms with Crippen LogP contribution in [0.2, 0.25) is 0 Å². The van der Waals surface area contributed by atoms with E-state index in [4.69, 9.17) is 9.05 Å². The Morgan fingerprint density at radius 1 is 0.449 bits per heavy atom. The van der Waals surface area contributed by atoms with Gasteiger partial charge in [0.15, 0.2) is 0 Å². The molecule has 78 heavy (non-hydrogen) atoms. The number of phosphoric acid groups is 1. The van der Waals surface area contributed by atoms with Crippen molar-refractivity contribution < 1.29 is 32.9 Å². The van der Waals surface area contributed by atoms with E-state index in [1.54, 1.807) is 6.08 Å². The van der Waals surface area contributed by atoms with Gasteiger partial charge in [-0.05, 0) is 70.6 Å². The highest BCUT2D eigenvalue weighted by atomic mass is 31.2. The third kappa shape index (κ3) is 61.8. The Kier molecular flexibility index (Phi) is 58.4. The van der Waals surface area contributed by atoms with Crippen LogP contribution in [0.25, 0.3) is 0 Å². The van der Waals surface area contributed by atoms with Crippen molar-refractivity contribution in [3.63, 3.8) is 0 Å². The van der Waals surface area contributed by atoms with Gasteiger partial charge < -0.3 is 28.8 Å². The van der Waals surface area contributed by atoms with Crippen molar-refractivity contribution in [2.24, 2.45) is 0 Å². The first-order valence-electron chi connectivity index (χ1n) is 33.7. The molecule has 1 amide bonds. The molecule has 0 heterocycles. The third-order valence-electron chi connectivity index (χ3n) is 15.2. The van der Waals surface area contributed by atoms with Crippen LogP contribution in [0, 0.1) is 0 Å².